The number of aliphatic carboxylic acids is 3. The number of ether oxygens (including phenoxy) is 2. The van der Waals surface area contributed by atoms with E-state index < -0.39 is 163 Å². The van der Waals surface area contributed by atoms with E-state index in [0.29, 0.717) is 47.6 Å². The van der Waals surface area contributed by atoms with Crippen molar-refractivity contribution in [3.8, 4) is 5.75 Å². The van der Waals surface area contributed by atoms with Crippen LogP contribution in [0.3, 0.4) is 0 Å². The van der Waals surface area contributed by atoms with Crippen molar-refractivity contribution in [1.29, 1.82) is 5.41 Å². The van der Waals surface area contributed by atoms with Gasteiger partial charge in [-0.1, -0.05) is 95.0 Å². The van der Waals surface area contributed by atoms with Crippen molar-refractivity contribution >= 4 is 139 Å². The number of Topliss-reactive ketones (excluding diaryl/α,β-unsaturated/α-hetero) is 2. The first-order valence-electron chi connectivity index (χ1n) is 39.3. The molecular weight excluding hydrogens is 1610 g/mol. The molecule has 38 nitrogen and oxygen atoms in total. The van der Waals surface area contributed by atoms with Gasteiger partial charge in [-0.2, -0.15) is 4.98 Å². The number of carboxylic acids is 3. The number of nitrogens with two attached hydrogens (primary N) is 2. The Kier molecular flexibility index (Phi) is 39.6. The molecule has 1 saturated heterocycles. The van der Waals surface area contributed by atoms with Crippen molar-refractivity contribution in [2.75, 3.05) is 56.0 Å². The van der Waals surface area contributed by atoms with Crippen LogP contribution in [0.15, 0.2) is 64.9 Å². The standard InChI is InChI=1S/C78H110N18O20S3/c1-9-14-62(102)116-41-96(73(109)63(43(5)10-2)90-70(107)58-16-11-12-28-95(58)8)59(42(3)4)32-45(7)72-89-57(40-117-72)69(106)86-51(33-46-17-23-53(97)24-18-46)31-44(6)66(103)93-94-78(114)115-29-30-118-119-39-49(74(110)111)35-60(99)56(36-61(100)101)88-68(105)48(15-13-27-82-76(79)80)34-54(98)25-26-55(75(112)113)87-67(104)47-19-21-50(22-20-47)83-37-52-38-84-65-64(85-52)71(108)92-77(81)91-65/h17-24,38,40,42-45,48-49,51,55-56,58-59,63,83,97H,9-16,25-37,39,41H2,1-8H3,(H,86,106)(H,87,104)(H,88,105)(H,90,107)(H,93,103)(H,94,114)(H,100,101)(H,110,111)(H,112,113)(H4,79,80,82)(H3,81,84,91,92,108)/t43-,44-,45+,48-,49+,51+,55+,56+,58+,59+,63?/m0/s1. The first-order valence-corrected chi connectivity index (χ1v) is 42.7. The number of thiazole rings is 1. The molecule has 119 heavy (non-hydrogen) atoms. The van der Waals surface area contributed by atoms with Crippen LogP contribution in [0, 0.1) is 35.0 Å². The van der Waals surface area contributed by atoms with Gasteiger partial charge in [0.25, 0.3) is 17.4 Å². The molecule has 1 aliphatic rings. The number of aromatic nitrogens is 5. The highest BCUT2D eigenvalue weighted by molar-refractivity contribution is 8.76. The molecule has 1 unspecified atom stereocenters. The van der Waals surface area contributed by atoms with E-state index in [2.05, 4.69) is 62.7 Å². The molecule has 4 heterocycles. The topological polar surface area (TPSA) is 584 Å². The number of hydrazine groups is 1. The highest BCUT2D eigenvalue weighted by atomic mass is 33.1. The van der Waals surface area contributed by atoms with Gasteiger partial charge in [-0.05, 0) is 125 Å². The number of aromatic hydroxyl groups is 1. The van der Waals surface area contributed by atoms with Gasteiger partial charge in [0.05, 0.1) is 47.9 Å². The second kappa shape index (κ2) is 48.7. The maximum Gasteiger partial charge on any atom is 0.426 e. The Labute approximate surface area is 699 Å². The van der Waals surface area contributed by atoms with Crippen LogP contribution in [-0.2, 0) is 70.4 Å². The summed E-state index contributed by atoms with van der Waals surface area (Å²) in [6.07, 6.45) is 1.60. The number of carbonyl (C=O) groups is 13. The number of fused-ring (bicyclic) bond motifs is 1. The minimum atomic E-state index is -1.77. The Morgan fingerprint density at radius 1 is 0.790 bits per heavy atom. The Bertz CT molecular complexity index is 4390. The van der Waals surface area contributed by atoms with E-state index in [1.165, 1.54) is 53.9 Å². The van der Waals surface area contributed by atoms with Crippen LogP contribution in [0.5, 0.6) is 5.75 Å². The van der Waals surface area contributed by atoms with Crippen molar-refractivity contribution in [1.82, 2.24) is 72.2 Å². The van der Waals surface area contributed by atoms with Crippen molar-refractivity contribution in [2.45, 2.75) is 200 Å². The van der Waals surface area contributed by atoms with Crippen molar-refractivity contribution in [3.05, 3.63) is 98.0 Å². The van der Waals surface area contributed by atoms with E-state index >= 15 is 0 Å². The Morgan fingerprint density at radius 3 is 2.17 bits per heavy atom. The Hall–Kier alpha value is -11.1. The number of guanidine groups is 1. The maximum absolute atomic E-state index is 14.9. The number of benzene rings is 2. The molecule has 0 spiro atoms. The second-order valence-corrected chi connectivity index (χ2v) is 33.2. The number of likely N-dealkylation sites (N-methyl/N-ethyl adjacent to an activating group) is 1. The third-order valence-corrected chi connectivity index (χ3v) is 23.5. The monoisotopic (exact) mass is 1710 g/mol. The van der Waals surface area contributed by atoms with E-state index in [0.717, 1.165) is 41.0 Å². The number of phenolic OH excluding ortho intramolecular Hbond substituents is 1. The van der Waals surface area contributed by atoms with Crippen LogP contribution < -0.4 is 59.8 Å². The van der Waals surface area contributed by atoms with E-state index in [1.807, 2.05) is 53.5 Å². The van der Waals surface area contributed by atoms with Crippen LogP contribution in [0.4, 0.5) is 16.4 Å². The van der Waals surface area contributed by atoms with Crippen molar-refractivity contribution in [3.63, 3.8) is 0 Å². The fourth-order valence-electron chi connectivity index (χ4n) is 13.0. The molecule has 11 atom stereocenters. The molecular formula is C78H110N18O20S3. The van der Waals surface area contributed by atoms with Gasteiger partial charge < -0.3 is 78.2 Å². The van der Waals surface area contributed by atoms with E-state index in [9.17, 15) is 87.5 Å². The van der Waals surface area contributed by atoms with Gasteiger partial charge in [0, 0.05) is 90.2 Å². The lowest BCUT2D eigenvalue weighted by Gasteiger charge is -2.39. The largest absolute Gasteiger partial charge is 0.508 e. The first kappa shape index (κ1) is 96.8. The van der Waals surface area contributed by atoms with Crippen LogP contribution in [-0.4, -0.2) is 219 Å². The van der Waals surface area contributed by atoms with Crippen LogP contribution >= 0.6 is 32.9 Å². The highest BCUT2D eigenvalue weighted by Gasteiger charge is 2.40. The number of carboxylic acid groups (broad SMARTS) is 3. The molecule has 1 fully saturated rings. The third-order valence-electron chi connectivity index (χ3n) is 20.0. The number of H-pyrrole nitrogens is 1. The average molecular weight is 1720 g/mol. The molecule has 5 aromatic rings. The molecule has 650 valence electrons. The van der Waals surface area contributed by atoms with Crippen LogP contribution in [0.1, 0.15) is 188 Å². The van der Waals surface area contributed by atoms with Gasteiger partial charge in [0.15, 0.2) is 29.6 Å². The molecule has 6 rings (SSSR count). The molecule has 0 saturated carbocycles. The van der Waals surface area contributed by atoms with Gasteiger partial charge in [-0.25, -0.2) is 30.0 Å². The summed E-state index contributed by atoms with van der Waals surface area (Å²) < 4.78 is 10.9. The number of hydrogen-bond donors (Lipinski definition) is 16. The maximum atomic E-state index is 14.9. The number of likely N-dealkylation sites (tertiary alicyclic amines) is 1. The number of carbonyl (C=O) groups excluding carboxylic acids is 10. The second-order valence-electron chi connectivity index (χ2n) is 29.7. The number of anilines is 2. The summed E-state index contributed by atoms with van der Waals surface area (Å²) in [5.41, 5.74) is 16.7. The molecule has 2 aromatic carbocycles. The number of ketones is 2. The van der Waals surface area contributed by atoms with Crippen LogP contribution in [0.25, 0.3) is 11.2 Å². The van der Waals surface area contributed by atoms with E-state index in [-0.39, 0.29) is 134 Å². The van der Waals surface area contributed by atoms with Gasteiger partial charge in [0.2, 0.25) is 29.6 Å². The molecule has 41 heteroatoms. The molecule has 0 bridgehead atoms. The zero-order chi connectivity index (χ0) is 87.6. The first-order chi connectivity index (χ1) is 56.5. The zero-order valence-corrected chi connectivity index (χ0v) is 70.3. The number of esters is 1. The summed E-state index contributed by atoms with van der Waals surface area (Å²) in [5.74, 6) is -15.0. The van der Waals surface area contributed by atoms with Crippen LogP contribution in [0.2, 0.25) is 0 Å². The summed E-state index contributed by atoms with van der Waals surface area (Å²) in [6.45, 7) is 13.4. The minimum Gasteiger partial charge on any atom is -0.508 e. The molecule has 18 N–H and O–H groups in total. The average Bonchev–Trinajstić information content (AvgIpc) is 1.36. The number of hydrogen-bond acceptors (Lipinski definition) is 28. The summed E-state index contributed by atoms with van der Waals surface area (Å²) in [6, 6.07) is 6.29. The predicted molar refractivity (Wildman–Crippen MR) is 444 cm³/mol. The minimum absolute atomic E-state index is 0.00794. The number of nitrogen functional groups attached to an aromatic ring is 1. The number of phenols is 1. The number of nitrogens with zero attached hydrogens (tertiary/aromatic N) is 6. The summed E-state index contributed by atoms with van der Waals surface area (Å²) in [5, 5.41) is 66.2. The molecule has 7 amide bonds. The van der Waals surface area contributed by atoms with Gasteiger partial charge >= 0.3 is 30.0 Å². The normalized spacial score (nSPS) is 15.3. The highest BCUT2D eigenvalue weighted by Crippen LogP contribution is 2.32. The third kappa shape index (κ3) is 32.3. The summed E-state index contributed by atoms with van der Waals surface area (Å²) in [4.78, 5) is 209. The lowest BCUT2D eigenvalue weighted by atomic mass is 9.90. The molecule has 0 radical (unpaired) electrons. The molecule has 0 aliphatic carbocycles. The Balaban J connectivity index is 0.975. The van der Waals surface area contributed by atoms with Gasteiger partial charge in [0.1, 0.15) is 35.9 Å². The fraction of sp³-hybridized carbons (Fsp3) is 0.551. The summed E-state index contributed by atoms with van der Waals surface area (Å²) in [7, 11) is 3.94. The fourth-order valence-corrected chi connectivity index (χ4v) is 16.0. The summed E-state index contributed by atoms with van der Waals surface area (Å²) >= 11 is 1.25. The van der Waals surface area contributed by atoms with Gasteiger partial charge in [-0.3, -0.25) is 78.3 Å². The number of nitrogens with one attached hydrogen (secondary N) is 10. The number of piperidine rings is 1. The lowest BCUT2D eigenvalue weighted by Crippen LogP contribution is -2.59. The van der Waals surface area contributed by atoms with Crippen molar-refractivity contribution in [2.24, 2.45) is 35.3 Å². The quantitative estimate of drug-likeness (QED) is 0.00443. The predicted octanol–water partition coefficient (Wildman–Crippen LogP) is 5.36. The lowest BCUT2D eigenvalue weighted by molar-refractivity contribution is -0.159. The SMILES string of the molecule is CCCC(=O)OCN(C(=O)C(NC(=O)[C@H]1CCCCN1C)[C@@H](C)CC)[C@H](C[C@@H](C)c1nc(C(=O)N[C@@H](Cc2ccc(O)cc2)C[C@H](C)C(=O)NNC(=O)OCCSSC[C@@H](CC(=O)[C@@H](CC(=O)O)NC(=O)[C@@H](CCCNC(=N)N)CC(=O)CC[C@@H](NC(=O)c2ccc(NCc3cnc4nc(N)[nH]c(=O)c4n3)cc2)C(=O)O)C(=O)O)cs1)C(C)C. The molecule has 1 aliphatic heterocycles. The number of rotatable bonds is 50. The molecule has 3 aromatic heterocycles. The Morgan fingerprint density at radius 2 is 1.51 bits per heavy atom. The number of amides is 7. The van der Waals surface area contributed by atoms with Crippen molar-refractivity contribution < 1.29 is 92.2 Å². The smallest absolute Gasteiger partial charge is 0.426 e. The zero-order valence-electron chi connectivity index (χ0n) is 67.8. The van der Waals surface area contributed by atoms with E-state index in [1.54, 1.807) is 29.3 Å². The van der Waals surface area contributed by atoms with Gasteiger partial charge in [-0.15, -0.1) is 11.3 Å². The number of aromatic amines is 1. The van der Waals surface area contributed by atoms with E-state index in [4.69, 9.17) is 31.3 Å².